The van der Waals surface area contributed by atoms with Crippen molar-refractivity contribution >= 4 is 34.5 Å². The molecule has 1 N–H and O–H groups in total. The minimum atomic E-state index is -1.05. The van der Waals surface area contributed by atoms with Gasteiger partial charge in [-0.3, -0.25) is 0 Å². The van der Waals surface area contributed by atoms with Crippen molar-refractivity contribution in [3.8, 4) is 0 Å². The van der Waals surface area contributed by atoms with Crippen LogP contribution in [0.3, 0.4) is 0 Å². The Morgan fingerprint density at radius 1 is 1.27 bits per heavy atom. The van der Waals surface area contributed by atoms with Gasteiger partial charge in [0.25, 0.3) is 0 Å². The van der Waals surface area contributed by atoms with Crippen LogP contribution < -0.4 is 0 Å². The zero-order chi connectivity index (χ0) is 11.8. The Kier molecular flexibility index (Phi) is 7.37. The highest BCUT2D eigenvalue weighted by atomic mass is 127. The monoisotopic (exact) mass is 326 g/mol. The van der Waals surface area contributed by atoms with E-state index in [0.717, 1.165) is 6.42 Å². The van der Waals surface area contributed by atoms with Gasteiger partial charge in [0, 0.05) is 0 Å². The number of carbonyl (C=O) groups is 2. The van der Waals surface area contributed by atoms with Crippen LogP contribution in [0.2, 0.25) is 0 Å². The van der Waals surface area contributed by atoms with E-state index in [1.807, 2.05) is 13.8 Å². The fraction of sp³-hybridized carbons (Fsp3) is 0.600. The van der Waals surface area contributed by atoms with Gasteiger partial charge < -0.3 is 9.84 Å². The molecule has 0 aliphatic rings. The van der Waals surface area contributed by atoms with Gasteiger partial charge in [-0.15, -0.1) is 0 Å². The summed E-state index contributed by atoms with van der Waals surface area (Å²) in [4.78, 5) is 22.2. The summed E-state index contributed by atoms with van der Waals surface area (Å²) in [6.45, 7) is 4.07. The van der Waals surface area contributed by atoms with E-state index in [1.54, 1.807) is 22.6 Å². The molecule has 0 rings (SSSR count). The second-order valence-electron chi connectivity index (χ2n) is 2.98. The molecule has 0 radical (unpaired) electrons. The molecule has 5 heteroatoms. The lowest BCUT2D eigenvalue weighted by Gasteiger charge is -2.05. The van der Waals surface area contributed by atoms with E-state index in [9.17, 15) is 9.59 Å². The van der Waals surface area contributed by atoms with E-state index in [1.165, 1.54) is 0 Å². The predicted molar refractivity (Wildman–Crippen MR) is 64.8 cm³/mol. The lowest BCUT2D eigenvalue weighted by molar-refractivity contribution is -0.139. The average molecular weight is 326 g/mol. The first kappa shape index (κ1) is 14.4. The predicted octanol–water partition coefficient (Wildman–Crippen LogP) is 2.51. The molecule has 0 bridgehead atoms. The number of esters is 1. The maximum absolute atomic E-state index is 11.4. The molecular formula is C10H15IO4. The van der Waals surface area contributed by atoms with Gasteiger partial charge >= 0.3 is 11.9 Å². The van der Waals surface area contributed by atoms with Gasteiger partial charge in [0.2, 0.25) is 0 Å². The van der Waals surface area contributed by atoms with Crippen molar-refractivity contribution < 1.29 is 19.4 Å². The first-order chi connectivity index (χ1) is 7.04. The summed E-state index contributed by atoms with van der Waals surface area (Å²) in [6.07, 6.45) is 1.80. The lowest BCUT2D eigenvalue weighted by Crippen LogP contribution is -2.11. The summed E-state index contributed by atoms with van der Waals surface area (Å²) in [6, 6.07) is 0. The van der Waals surface area contributed by atoms with Gasteiger partial charge in [-0.1, -0.05) is 20.3 Å². The summed E-state index contributed by atoms with van der Waals surface area (Å²) >= 11 is 1.73. The van der Waals surface area contributed by atoms with Crippen LogP contribution in [0.4, 0.5) is 0 Å². The number of carboxylic acids is 1. The number of carbonyl (C=O) groups excluding carboxylic acids is 1. The Morgan fingerprint density at radius 2 is 1.87 bits per heavy atom. The van der Waals surface area contributed by atoms with Crippen molar-refractivity contribution in [3.63, 3.8) is 0 Å². The largest absolute Gasteiger partial charge is 0.478 e. The molecule has 0 aromatic heterocycles. The SMILES string of the molecule is CCCOC(=O)C(I)=C(CCC)C(=O)O. The van der Waals surface area contributed by atoms with Crippen LogP contribution in [0.15, 0.2) is 9.15 Å². The number of carboxylic acid groups (broad SMARTS) is 1. The maximum atomic E-state index is 11.4. The number of ether oxygens (including phenoxy) is 1. The quantitative estimate of drug-likeness (QED) is 0.463. The molecule has 15 heavy (non-hydrogen) atoms. The third-order valence-corrected chi connectivity index (χ3v) is 2.73. The molecule has 0 unspecified atom stereocenters. The smallest absolute Gasteiger partial charge is 0.344 e. The van der Waals surface area contributed by atoms with Crippen LogP contribution in [0.5, 0.6) is 0 Å². The molecule has 0 aliphatic heterocycles. The Labute approximate surface area is 103 Å². The normalized spacial score (nSPS) is 11.9. The number of hydrogen-bond donors (Lipinski definition) is 1. The summed E-state index contributed by atoms with van der Waals surface area (Å²) in [5.41, 5.74) is 0.138. The van der Waals surface area contributed by atoms with Crippen molar-refractivity contribution in [2.75, 3.05) is 6.61 Å². The minimum Gasteiger partial charge on any atom is -0.478 e. The van der Waals surface area contributed by atoms with Crippen LogP contribution in [-0.4, -0.2) is 23.7 Å². The molecule has 86 valence electrons. The molecule has 0 spiro atoms. The van der Waals surface area contributed by atoms with Crippen LogP contribution in [0.25, 0.3) is 0 Å². The van der Waals surface area contributed by atoms with Gasteiger partial charge in [-0.05, 0) is 35.4 Å². The number of hydrogen-bond acceptors (Lipinski definition) is 3. The standard InChI is InChI=1S/C10H15IO4/c1-3-5-7(9(12)13)8(11)10(14)15-6-4-2/h3-6H2,1-2H3,(H,12,13). The highest BCUT2D eigenvalue weighted by molar-refractivity contribution is 14.1. The van der Waals surface area contributed by atoms with Gasteiger partial charge in [0.05, 0.1) is 12.2 Å². The van der Waals surface area contributed by atoms with Crippen molar-refractivity contribution in [2.24, 2.45) is 0 Å². The van der Waals surface area contributed by atoms with Crippen LogP contribution in [-0.2, 0) is 14.3 Å². The Balaban J connectivity index is 4.68. The molecule has 0 atom stereocenters. The van der Waals surface area contributed by atoms with E-state index < -0.39 is 11.9 Å². The van der Waals surface area contributed by atoms with E-state index in [2.05, 4.69) is 0 Å². The van der Waals surface area contributed by atoms with Crippen molar-refractivity contribution in [3.05, 3.63) is 9.15 Å². The first-order valence-electron chi connectivity index (χ1n) is 4.83. The van der Waals surface area contributed by atoms with Crippen LogP contribution >= 0.6 is 22.6 Å². The average Bonchev–Trinajstić information content (AvgIpc) is 2.21. The molecule has 0 saturated carbocycles. The van der Waals surface area contributed by atoms with E-state index >= 15 is 0 Å². The number of rotatable bonds is 6. The Hall–Kier alpha value is -0.590. The van der Waals surface area contributed by atoms with Gasteiger partial charge in [0.1, 0.15) is 3.58 Å². The fourth-order valence-corrected chi connectivity index (χ4v) is 1.60. The summed E-state index contributed by atoms with van der Waals surface area (Å²) < 4.78 is 5.04. The highest BCUT2D eigenvalue weighted by Gasteiger charge is 2.18. The molecular weight excluding hydrogens is 311 g/mol. The summed E-state index contributed by atoms with van der Waals surface area (Å²) in [5.74, 6) is -1.59. The van der Waals surface area contributed by atoms with E-state index in [0.29, 0.717) is 19.4 Å². The third-order valence-electron chi connectivity index (χ3n) is 1.64. The maximum Gasteiger partial charge on any atom is 0.344 e. The second-order valence-corrected chi connectivity index (χ2v) is 4.06. The molecule has 0 heterocycles. The summed E-state index contributed by atoms with van der Waals surface area (Å²) in [5, 5.41) is 8.88. The van der Waals surface area contributed by atoms with E-state index in [-0.39, 0.29) is 9.15 Å². The topological polar surface area (TPSA) is 63.6 Å². The Bertz CT molecular complexity index is 271. The Morgan fingerprint density at radius 3 is 2.27 bits per heavy atom. The minimum absolute atomic E-state index is 0.138. The number of aliphatic carboxylic acids is 1. The van der Waals surface area contributed by atoms with Gasteiger partial charge in [-0.2, -0.15) is 0 Å². The fourth-order valence-electron chi connectivity index (χ4n) is 0.942. The second kappa shape index (κ2) is 7.67. The van der Waals surface area contributed by atoms with Crippen molar-refractivity contribution in [2.45, 2.75) is 33.1 Å². The summed E-state index contributed by atoms with van der Waals surface area (Å²) in [7, 11) is 0. The molecule has 0 aliphatic carbocycles. The number of halogens is 1. The molecule has 0 aromatic carbocycles. The molecule has 4 nitrogen and oxygen atoms in total. The zero-order valence-corrected chi connectivity index (χ0v) is 11.0. The van der Waals surface area contributed by atoms with Gasteiger partial charge in [0.15, 0.2) is 0 Å². The molecule has 0 aromatic rings. The van der Waals surface area contributed by atoms with Crippen LogP contribution in [0.1, 0.15) is 33.1 Å². The zero-order valence-electron chi connectivity index (χ0n) is 8.88. The van der Waals surface area contributed by atoms with E-state index in [4.69, 9.17) is 9.84 Å². The molecule has 0 amide bonds. The third kappa shape index (κ3) is 5.15. The lowest BCUT2D eigenvalue weighted by atomic mass is 10.1. The van der Waals surface area contributed by atoms with Crippen molar-refractivity contribution in [1.82, 2.24) is 0 Å². The molecule has 0 fully saturated rings. The van der Waals surface area contributed by atoms with Gasteiger partial charge in [-0.25, -0.2) is 9.59 Å². The highest BCUT2D eigenvalue weighted by Crippen LogP contribution is 2.19. The first-order valence-corrected chi connectivity index (χ1v) is 5.91. The van der Waals surface area contributed by atoms with Crippen LogP contribution in [0, 0.1) is 0 Å². The van der Waals surface area contributed by atoms with Crippen molar-refractivity contribution in [1.29, 1.82) is 0 Å². The molecule has 0 saturated heterocycles.